The minimum absolute atomic E-state index is 0.152. The van der Waals surface area contributed by atoms with Crippen molar-refractivity contribution in [2.45, 2.75) is 123 Å². The number of hydrogen-bond acceptors (Lipinski definition) is 6. The molecule has 5 N–H and O–H groups in total. The molecule has 0 aliphatic heterocycles. The zero-order chi connectivity index (χ0) is 28.7. The molecule has 8 heteroatoms. The number of ketones is 1. The van der Waals surface area contributed by atoms with Gasteiger partial charge in [0.05, 0.1) is 12.5 Å². The van der Waals surface area contributed by atoms with Crippen LogP contribution in [0.25, 0.3) is 0 Å². The van der Waals surface area contributed by atoms with Crippen LogP contribution in [0.5, 0.6) is 0 Å². The molecule has 4 rings (SSSR count). The highest BCUT2D eigenvalue weighted by atomic mass is 16.5. The van der Waals surface area contributed by atoms with Gasteiger partial charge in [0.1, 0.15) is 17.9 Å². The number of fused-ring (bicyclic) bond motifs is 5. The number of ether oxygens (including phenoxy) is 1. The maximum absolute atomic E-state index is 13.2. The van der Waals surface area contributed by atoms with Crippen LogP contribution >= 0.6 is 0 Å². The van der Waals surface area contributed by atoms with Gasteiger partial charge in [-0.15, -0.1) is 0 Å². The van der Waals surface area contributed by atoms with Gasteiger partial charge in [0.15, 0.2) is 0 Å². The molecule has 0 unspecified atom stereocenters. The van der Waals surface area contributed by atoms with Crippen molar-refractivity contribution in [2.75, 3.05) is 0 Å². The molecule has 0 aromatic heterocycles. The summed E-state index contributed by atoms with van der Waals surface area (Å²) in [5, 5.41) is 2.71. The lowest BCUT2D eigenvalue weighted by atomic mass is 9.44. The van der Waals surface area contributed by atoms with Gasteiger partial charge >= 0.3 is 5.97 Å². The summed E-state index contributed by atoms with van der Waals surface area (Å²) in [6.07, 6.45) is 9.72. The number of nitrogens with two attached hydrogens (primary N) is 2. The molecule has 0 aromatic carbocycles. The zero-order valence-electron chi connectivity index (χ0n) is 24.7. The van der Waals surface area contributed by atoms with Gasteiger partial charge in [-0.2, -0.15) is 0 Å². The number of nitrogens with one attached hydrogen (secondary N) is 1. The summed E-state index contributed by atoms with van der Waals surface area (Å²) < 4.78 is 6.05. The smallest absolute Gasteiger partial charge is 0.328 e. The van der Waals surface area contributed by atoms with E-state index in [-0.39, 0.29) is 35.2 Å². The molecule has 0 spiro atoms. The second-order valence-corrected chi connectivity index (χ2v) is 14.2. The van der Waals surface area contributed by atoms with Gasteiger partial charge in [-0.05, 0) is 112 Å². The summed E-state index contributed by atoms with van der Waals surface area (Å²) in [6, 6.07) is -1.88. The number of primary amides is 1. The molecule has 0 heterocycles. The van der Waals surface area contributed by atoms with E-state index in [0.29, 0.717) is 35.9 Å². The maximum atomic E-state index is 13.2. The van der Waals surface area contributed by atoms with Gasteiger partial charge in [0, 0.05) is 5.92 Å². The van der Waals surface area contributed by atoms with Gasteiger partial charge in [0.25, 0.3) is 0 Å². The molecule has 10 atom stereocenters. The Morgan fingerprint density at radius 2 is 1.62 bits per heavy atom. The number of rotatable bonds is 9. The first-order chi connectivity index (χ1) is 18.3. The van der Waals surface area contributed by atoms with Crippen molar-refractivity contribution in [2.24, 2.45) is 57.8 Å². The van der Waals surface area contributed by atoms with E-state index in [1.165, 1.54) is 19.3 Å². The van der Waals surface area contributed by atoms with Gasteiger partial charge < -0.3 is 21.5 Å². The van der Waals surface area contributed by atoms with Crippen molar-refractivity contribution in [1.29, 1.82) is 0 Å². The lowest BCUT2D eigenvalue weighted by molar-refractivity contribution is -0.166. The molecule has 220 valence electrons. The van der Waals surface area contributed by atoms with Gasteiger partial charge in [-0.25, -0.2) is 4.79 Å². The van der Waals surface area contributed by atoms with Gasteiger partial charge in [-0.1, -0.05) is 27.7 Å². The molecular formula is C31H51N3O5. The summed E-state index contributed by atoms with van der Waals surface area (Å²) in [5.41, 5.74) is 11.4. The molecule has 0 aromatic rings. The van der Waals surface area contributed by atoms with Gasteiger partial charge in [-0.3, -0.25) is 14.4 Å². The Balaban J connectivity index is 1.39. The molecule has 4 saturated carbocycles. The van der Waals surface area contributed by atoms with Crippen LogP contribution in [0.4, 0.5) is 0 Å². The largest absolute Gasteiger partial charge is 0.461 e. The van der Waals surface area contributed by atoms with Crippen molar-refractivity contribution < 1.29 is 23.9 Å². The molecule has 0 saturated heterocycles. The predicted octanol–water partition coefficient (Wildman–Crippen LogP) is 3.88. The normalized spacial score (nSPS) is 39.1. The van der Waals surface area contributed by atoms with Gasteiger partial charge in [0.2, 0.25) is 11.8 Å². The second-order valence-electron chi connectivity index (χ2n) is 14.2. The fraction of sp³-hybridized carbons (Fsp3) is 0.871. The standard InChI is InChI=1S/C31H51N3O5/c1-17(2)14-26(34-28(37)25(32)16-27(33)36)29(38)39-20-10-12-30(4)19(15-20)6-7-21-23-9-8-22(18(3)35)31(23,5)13-11-24(21)30/h17,19-26H,6-16,32H2,1-5H3,(H2,33,36)(H,34,37)/t19-,20+,21-,22+,23-,24-,25-,26-,30-,31+/m0/s1. The third kappa shape index (κ3) is 5.91. The summed E-state index contributed by atoms with van der Waals surface area (Å²) in [4.78, 5) is 49.4. The molecule has 4 aliphatic rings. The SMILES string of the molecule is CC(=O)[C@H]1CC[C@H]2[C@@H]3CC[C@H]4C[C@H](OC(=O)[C@H](CC(C)C)NC(=O)[C@@H](N)CC(N)=O)CC[C@]4(C)[C@H]3CC[C@]12C. The van der Waals surface area contributed by atoms with E-state index < -0.39 is 29.9 Å². The van der Waals surface area contributed by atoms with E-state index in [1.807, 2.05) is 13.8 Å². The van der Waals surface area contributed by atoms with E-state index in [0.717, 1.165) is 38.5 Å². The monoisotopic (exact) mass is 545 g/mol. The number of Topliss-reactive ketones (excluding diaryl/α,β-unsaturated/α-hetero) is 1. The number of carbonyl (C=O) groups is 4. The van der Waals surface area contributed by atoms with Crippen molar-refractivity contribution in [3.8, 4) is 0 Å². The zero-order valence-corrected chi connectivity index (χ0v) is 24.7. The fourth-order valence-electron chi connectivity index (χ4n) is 9.51. The van der Waals surface area contributed by atoms with E-state index in [9.17, 15) is 19.2 Å². The van der Waals surface area contributed by atoms with Crippen LogP contribution in [0, 0.1) is 46.3 Å². The third-order valence-electron chi connectivity index (χ3n) is 11.5. The average Bonchev–Trinajstić information content (AvgIpc) is 3.20. The number of esters is 1. The van der Waals surface area contributed by atoms with Crippen molar-refractivity contribution in [1.82, 2.24) is 5.32 Å². The van der Waals surface area contributed by atoms with E-state index in [2.05, 4.69) is 19.2 Å². The molecule has 4 fully saturated rings. The van der Waals surface area contributed by atoms with Crippen LogP contribution in [0.1, 0.15) is 105 Å². The third-order valence-corrected chi connectivity index (χ3v) is 11.5. The highest BCUT2D eigenvalue weighted by Crippen LogP contribution is 2.67. The lowest BCUT2D eigenvalue weighted by Gasteiger charge is -2.61. The highest BCUT2D eigenvalue weighted by Gasteiger charge is 2.61. The van der Waals surface area contributed by atoms with Crippen LogP contribution in [-0.4, -0.2) is 41.8 Å². The van der Waals surface area contributed by atoms with Crippen molar-refractivity contribution in [3.63, 3.8) is 0 Å². The van der Waals surface area contributed by atoms with Crippen molar-refractivity contribution >= 4 is 23.6 Å². The van der Waals surface area contributed by atoms with E-state index in [1.54, 1.807) is 6.92 Å². The summed E-state index contributed by atoms with van der Waals surface area (Å²) in [6.45, 7) is 10.6. The summed E-state index contributed by atoms with van der Waals surface area (Å²) >= 11 is 0. The Bertz CT molecular complexity index is 968. The van der Waals surface area contributed by atoms with E-state index in [4.69, 9.17) is 16.2 Å². The Labute approximate surface area is 234 Å². The summed E-state index contributed by atoms with van der Waals surface area (Å²) in [7, 11) is 0. The number of amides is 2. The fourth-order valence-corrected chi connectivity index (χ4v) is 9.51. The first-order valence-corrected chi connectivity index (χ1v) is 15.3. The van der Waals surface area contributed by atoms with Crippen LogP contribution < -0.4 is 16.8 Å². The maximum Gasteiger partial charge on any atom is 0.328 e. The molecule has 4 aliphatic carbocycles. The Morgan fingerprint density at radius 3 is 2.26 bits per heavy atom. The van der Waals surface area contributed by atoms with Crippen LogP contribution in [0.3, 0.4) is 0 Å². The van der Waals surface area contributed by atoms with Crippen LogP contribution in [0.2, 0.25) is 0 Å². The predicted molar refractivity (Wildman–Crippen MR) is 149 cm³/mol. The molecule has 0 radical (unpaired) electrons. The van der Waals surface area contributed by atoms with E-state index >= 15 is 0 Å². The average molecular weight is 546 g/mol. The molecule has 8 nitrogen and oxygen atoms in total. The second kappa shape index (κ2) is 11.5. The molecule has 39 heavy (non-hydrogen) atoms. The first kappa shape index (κ1) is 30.0. The Morgan fingerprint density at radius 1 is 0.949 bits per heavy atom. The Kier molecular flexibility index (Phi) is 8.85. The first-order valence-electron chi connectivity index (χ1n) is 15.3. The molecule has 2 amide bonds. The highest BCUT2D eigenvalue weighted by molar-refractivity contribution is 5.90. The minimum atomic E-state index is -1.08. The van der Waals surface area contributed by atoms with Crippen LogP contribution in [0.15, 0.2) is 0 Å². The number of hydrogen-bond donors (Lipinski definition) is 3. The van der Waals surface area contributed by atoms with Crippen molar-refractivity contribution in [3.05, 3.63) is 0 Å². The quantitative estimate of drug-likeness (QED) is 0.376. The van der Waals surface area contributed by atoms with Crippen LogP contribution in [-0.2, 0) is 23.9 Å². The topological polar surface area (TPSA) is 142 Å². The summed E-state index contributed by atoms with van der Waals surface area (Å²) in [5.74, 6) is 1.68. The molecule has 0 bridgehead atoms. The minimum Gasteiger partial charge on any atom is -0.461 e. The number of carbonyl (C=O) groups excluding carboxylic acids is 4. The Hall–Kier alpha value is -1.96. The molecular weight excluding hydrogens is 494 g/mol. The lowest BCUT2D eigenvalue weighted by Crippen LogP contribution is -2.55.